The molecule has 0 aliphatic heterocycles. The second-order valence-electron chi connectivity index (χ2n) is 2.75. The summed E-state index contributed by atoms with van der Waals surface area (Å²) in [4.78, 5) is 19.3. The summed E-state index contributed by atoms with van der Waals surface area (Å²) < 4.78 is 4.65. The number of methoxy groups -OCH3 is 1. The molecule has 1 aromatic heterocycles. The number of fused-ring (bicyclic) bond motifs is 1. The molecule has 0 fully saturated rings. The number of benzene rings is 1. The second-order valence-corrected chi connectivity index (χ2v) is 2.75. The molecular weight excluding hydrogens is 180 g/mol. The third kappa shape index (κ3) is 1.31. The molecule has 70 valence electrons. The number of aromatic nitrogens is 2. The zero-order chi connectivity index (χ0) is 9.97. The molecule has 0 N–H and O–H groups in total. The maximum absolute atomic E-state index is 11.3. The molecule has 0 aliphatic carbocycles. The van der Waals surface area contributed by atoms with Crippen LogP contribution in [0.25, 0.3) is 10.9 Å². The van der Waals surface area contributed by atoms with Gasteiger partial charge in [0, 0.05) is 11.6 Å². The molecule has 0 bridgehead atoms. The molecule has 0 saturated heterocycles. The Labute approximate surface area is 80.6 Å². The molecule has 0 amide bonds. The van der Waals surface area contributed by atoms with Crippen LogP contribution in [-0.4, -0.2) is 23.0 Å². The standard InChI is InChI=1S/C10H8N2O2/c1-14-10(13)7-3-2-4-9-8(7)5-11-6-12-9/h2-6H,1H3. The van der Waals surface area contributed by atoms with Gasteiger partial charge in [-0.2, -0.15) is 0 Å². The molecule has 0 unspecified atom stereocenters. The van der Waals surface area contributed by atoms with Crippen LogP contribution in [0.3, 0.4) is 0 Å². The van der Waals surface area contributed by atoms with E-state index in [-0.39, 0.29) is 5.97 Å². The van der Waals surface area contributed by atoms with Crippen molar-refractivity contribution in [2.24, 2.45) is 0 Å². The van der Waals surface area contributed by atoms with Gasteiger partial charge in [0.15, 0.2) is 0 Å². The van der Waals surface area contributed by atoms with E-state index < -0.39 is 0 Å². The van der Waals surface area contributed by atoms with Crippen LogP contribution in [0.4, 0.5) is 0 Å². The van der Waals surface area contributed by atoms with E-state index in [0.29, 0.717) is 10.9 Å². The minimum Gasteiger partial charge on any atom is -0.465 e. The Morgan fingerprint density at radius 1 is 1.43 bits per heavy atom. The Bertz CT molecular complexity index is 477. The zero-order valence-electron chi connectivity index (χ0n) is 7.60. The average molecular weight is 188 g/mol. The van der Waals surface area contributed by atoms with Crippen molar-refractivity contribution < 1.29 is 9.53 Å². The predicted octanol–water partition coefficient (Wildman–Crippen LogP) is 1.42. The van der Waals surface area contributed by atoms with Crippen molar-refractivity contribution in [1.82, 2.24) is 9.97 Å². The van der Waals surface area contributed by atoms with Crippen LogP contribution in [-0.2, 0) is 4.74 Å². The SMILES string of the molecule is COC(=O)c1cccc2ncncc12. The van der Waals surface area contributed by atoms with Crippen LogP contribution < -0.4 is 0 Å². The Hall–Kier alpha value is -1.97. The third-order valence-electron chi connectivity index (χ3n) is 1.96. The summed E-state index contributed by atoms with van der Waals surface area (Å²) in [7, 11) is 1.35. The van der Waals surface area contributed by atoms with Gasteiger partial charge >= 0.3 is 5.97 Å². The first-order valence-corrected chi connectivity index (χ1v) is 4.10. The maximum Gasteiger partial charge on any atom is 0.338 e. The van der Waals surface area contributed by atoms with Crippen molar-refractivity contribution in [3.05, 3.63) is 36.3 Å². The number of hydrogen-bond acceptors (Lipinski definition) is 4. The van der Waals surface area contributed by atoms with E-state index in [1.807, 2.05) is 6.07 Å². The van der Waals surface area contributed by atoms with Gasteiger partial charge in [-0.25, -0.2) is 14.8 Å². The summed E-state index contributed by atoms with van der Waals surface area (Å²) >= 11 is 0. The molecule has 2 rings (SSSR count). The molecule has 4 nitrogen and oxygen atoms in total. The summed E-state index contributed by atoms with van der Waals surface area (Å²) in [6, 6.07) is 5.28. The lowest BCUT2D eigenvalue weighted by molar-refractivity contribution is 0.0603. The van der Waals surface area contributed by atoms with Gasteiger partial charge in [-0.05, 0) is 12.1 Å². The van der Waals surface area contributed by atoms with E-state index in [2.05, 4.69) is 14.7 Å². The molecule has 0 atom stereocenters. The predicted molar refractivity (Wildman–Crippen MR) is 50.9 cm³/mol. The van der Waals surface area contributed by atoms with Gasteiger partial charge in [-0.3, -0.25) is 0 Å². The van der Waals surface area contributed by atoms with Crippen molar-refractivity contribution in [1.29, 1.82) is 0 Å². The number of esters is 1. The first-order chi connectivity index (χ1) is 6.83. The highest BCUT2D eigenvalue weighted by Crippen LogP contribution is 2.15. The van der Waals surface area contributed by atoms with Gasteiger partial charge < -0.3 is 4.74 Å². The molecule has 0 radical (unpaired) electrons. The summed E-state index contributed by atoms with van der Waals surface area (Å²) in [6.07, 6.45) is 3.05. The molecular formula is C10H8N2O2. The van der Waals surface area contributed by atoms with Crippen LogP contribution in [0.2, 0.25) is 0 Å². The van der Waals surface area contributed by atoms with Crippen LogP contribution in [0, 0.1) is 0 Å². The topological polar surface area (TPSA) is 52.1 Å². The number of carbonyl (C=O) groups is 1. The summed E-state index contributed by atoms with van der Waals surface area (Å²) in [5, 5.41) is 0.710. The van der Waals surface area contributed by atoms with Crippen LogP contribution in [0.5, 0.6) is 0 Å². The van der Waals surface area contributed by atoms with Crippen molar-refractivity contribution in [2.45, 2.75) is 0 Å². The lowest BCUT2D eigenvalue weighted by Gasteiger charge is -2.02. The maximum atomic E-state index is 11.3. The molecule has 0 spiro atoms. The van der Waals surface area contributed by atoms with Crippen LogP contribution in [0.1, 0.15) is 10.4 Å². The Morgan fingerprint density at radius 3 is 3.07 bits per heavy atom. The largest absolute Gasteiger partial charge is 0.465 e. The minimum absolute atomic E-state index is 0.370. The summed E-state index contributed by atoms with van der Waals surface area (Å²) in [5.74, 6) is -0.370. The van der Waals surface area contributed by atoms with Crippen molar-refractivity contribution in [2.75, 3.05) is 7.11 Å². The fourth-order valence-electron chi connectivity index (χ4n) is 1.29. The summed E-state index contributed by atoms with van der Waals surface area (Å²) in [6.45, 7) is 0. The van der Waals surface area contributed by atoms with Gasteiger partial charge in [0.25, 0.3) is 0 Å². The Kier molecular flexibility index (Phi) is 2.10. The number of ether oxygens (including phenoxy) is 1. The van der Waals surface area contributed by atoms with Crippen LogP contribution >= 0.6 is 0 Å². The molecule has 1 heterocycles. The highest BCUT2D eigenvalue weighted by Gasteiger charge is 2.09. The first-order valence-electron chi connectivity index (χ1n) is 4.10. The number of nitrogens with zero attached hydrogens (tertiary/aromatic N) is 2. The first kappa shape index (κ1) is 8.62. The quantitative estimate of drug-likeness (QED) is 0.635. The van der Waals surface area contributed by atoms with E-state index in [4.69, 9.17) is 0 Å². The monoisotopic (exact) mass is 188 g/mol. The number of rotatable bonds is 1. The second kappa shape index (κ2) is 3.41. The zero-order valence-corrected chi connectivity index (χ0v) is 7.60. The lowest BCUT2D eigenvalue weighted by atomic mass is 10.1. The van der Waals surface area contributed by atoms with E-state index in [1.54, 1.807) is 18.3 Å². The van der Waals surface area contributed by atoms with E-state index >= 15 is 0 Å². The molecule has 4 heteroatoms. The lowest BCUT2D eigenvalue weighted by Crippen LogP contribution is -2.02. The highest BCUT2D eigenvalue weighted by molar-refractivity contribution is 6.02. The highest BCUT2D eigenvalue weighted by atomic mass is 16.5. The molecule has 14 heavy (non-hydrogen) atoms. The van der Waals surface area contributed by atoms with E-state index in [1.165, 1.54) is 13.4 Å². The minimum atomic E-state index is -0.370. The average Bonchev–Trinajstić information content (AvgIpc) is 2.27. The fraction of sp³-hybridized carbons (Fsp3) is 0.100. The summed E-state index contributed by atoms with van der Waals surface area (Å²) in [5.41, 5.74) is 1.23. The van der Waals surface area contributed by atoms with Gasteiger partial charge in [0.1, 0.15) is 6.33 Å². The van der Waals surface area contributed by atoms with Gasteiger partial charge in [0.2, 0.25) is 0 Å². The smallest absolute Gasteiger partial charge is 0.338 e. The van der Waals surface area contributed by atoms with E-state index in [0.717, 1.165) is 5.52 Å². The van der Waals surface area contributed by atoms with Crippen molar-refractivity contribution >= 4 is 16.9 Å². The molecule has 1 aromatic carbocycles. The number of hydrogen-bond donors (Lipinski definition) is 0. The van der Waals surface area contributed by atoms with Gasteiger partial charge in [-0.1, -0.05) is 6.07 Å². The fourth-order valence-corrected chi connectivity index (χ4v) is 1.29. The number of carbonyl (C=O) groups excluding carboxylic acids is 1. The molecule has 0 saturated carbocycles. The van der Waals surface area contributed by atoms with Crippen molar-refractivity contribution in [3.63, 3.8) is 0 Å². The Morgan fingerprint density at radius 2 is 2.29 bits per heavy atom. The van der Waals surface area contributed by atoms with Gasteiger partial charge in [0.05, 0.1) is 18.2 Å². The van der Waals surface area contributed by atoms with E-state index in [9.17, 15) is 4.79 Å². The molecule has 0 aliphatic rings. The normalized spacial score (nSPS) is 10.1. The van der Waals surface area contributed by atoms with Gasteiger partial charge in [-0.15, -0.1) is 0 Å². The van der Waals surface area contributed by atoms with Crippen LogP contribution in [0.15, 0.2) is 30.7 Å². The Balaban J connectivity index is 2.71. The third-order valence-corrected chi connectivity index (χ3v) is 1.96. The molecule has 2 aromatic rings. The van der Waals surface area contributed by atoms with Crippen molar-refractivity contribution in [3.8, 4) is 0 Å².